The summed E-state index contributed by atoms with van der Waals surface area (Å²) in [6.07, 6.45) is 0. The van der Waals surface area contributed by atoms with Gasteiger partial charge in [0.25, 0.3) is 5.89 Å². The van der Waals surface area contributed by atoms with Crippen LogP contribution in [-0.2, 0) is 11.3 Å². The molecule has 0 spiro atoms. The first-order valence-electron chi connectivity index (χ1n) is 7.69. The number of hydrogen-bond acceptors (Lipinski definition) is 7. The summed E-state index contributed by atoms with van der Waals surface area (Å²) in [5.41, 5.74) is 0.215. The van der Waals surface area contributed by atoms with Gasteiger partial charge >= 0.3 is 5.97 Å². The number of hydrogen-bond donors (Lipinski definition) is 0. The maximum absolute atomic E-state index is 13.7. The number of benzene rings is 2. The molecule has 3 rings (SSSR count). The molecule has 0 atom stereocenters. The number of esters is 1. The summed E-state index contributed by atoms with van der Waals surface area (Å²) in [7, 11) is 3.04. The number of nitrogens with zero attached hydrogens (tertiary/aromatic N) is 2. The van der Waals surface area contributed by atoms with Crippen LogP contribution in [0.15, 0.2) is 40.9 Å². The van der Waals surface area contributed by atoms with Crippen molar-refractivity contribution in [2.24, 2.45) is 0 Å². The van der Waals surface area contributed by atoms with E-state index in [1.807, 2.05) is 0 Å². The lowest BCUT2D eigenvalue weighted by atomic mass is 10.2. The highest BCUT2D eigenvalue weighted by atomic mass is 35.5. The van der Waals surface area contributed by atoms with E-state index in [-0.39, 0.29) is 28.9 Å². The van der Waals surface area contributed by atoms with Crippen molar-refractivity contribution in [3.8, 4) is 22.9 Å². The second-order valence-corrected chi connectivity index (χ2v) is 5.66. The highest BCUT2D eigenvalue weighted by Crippen LogP contribution is 2.31. The molecular formula is C18H14ClFN2O5. The Morgan fingerprint density at radius 2 is 2.04 bits per heavy atom. The van der Waals surface area contributed by atoms with Gasteiger partial charge < -0.3 is 18.7 Å². The maximum atomic E-state index is 13.7. The summed E-state index contributed by atoms with van der Waals surface area (Å²) >= 11 is 5.83. The van der Waals surface area contributed by atoms with Crippen molar-refractivity contribution in [3.05, 3.63) is 58.7 Å². The molecule has 0 N–H and O–H groups in total. The lowest BCUT2D eigenvalue weighted by Gasteiger charge is -2.07. The topological polar surface area (TPSA) is 83.7 Å². The van der Waals surface area contributed by atoms with Gasteiger partial charge in [0, 0.05) is 6.07 Å². The van der Waals surface area contributed by atoms with Crippen LogP contribution in [0.2, 0.25) is 5.02 Å². The Balaban J connectivity index is 1.74. The van der Waals surface area contributed by atoms with Crippen molar-refractivity contribution < 1.29 is 27.9 Å². The SMILES string of the molecule is COc1ccc(-c2noc(COC(=O)c3c(F)cccc3Cl)n2)c(OC)c1. The molecule has 0 radical (unpaired) electrons. The first-order valence-corrected chi connectivity index (χ1v) is 8.07. The molecule has 0 aliphatic carbocycles. The fraction of sp³-hybridized carbons (Fsp3) is 0.167. The quantitative estimate of drug-likeness (QED) is 0.588. The minimum absolute atomic E-state index is 0.0312. The molecule has 0 bridgehead atoms. The Morgan fingerprint density at radius 1 is 1.22 bits per heavy atom. The molecule has 2 aromatic carbocycles. The molecule has 140 valence electrons. The van der Waals surface area contributed by atoms with Gasteiger partial charge in [-0.25, -0.2) is 9.18 Å². The summed E-state index contributed by atoms with van der Waals surface area (Å²) in [6.45, 7) is -0.338. The number of rotatable bonds is 6. The number of halogens is 2. The normalized spacial score (nSPS) is 10.5. The summed E-state index contributed by atoms with van der Waals surface area (Å²) in [4.78, 5) is 16.2. The molecule has 0 saturated heterocycles. The number of ether oxygens (including phenoxy) is 3. The Hall–Kier alpha value is -3.13. The molecule has 0 amide bonds. The van der Waals surface area contributed by atoms with Gasteiger partial charge in [0.2, 0.25) is 5.82 Å². The summed E-state index contributed by atoms with van der Waals surface area (Å²) in [5.74, 6) is -0.346. The molecule has 0 aliphatic heterocycles. The second-order valence-electron chi connectivity index (χ2n) is 5.25. The van der Waals surface area contributed by atoms with E-state index < -0.39 is 11.8 Å². The van der Waals surface area contributed by atoms with Crippen molar-refractivity contribution in [1.82, 2.24) is 10.1 Å². The zero-order chi connectivity index (χ0) is 19.4. The highest BCUT2D eigenvalue weighted by Gasteiger charge is 2.19. The smallest absolute Gasteiger partial charge is 0.343 e. The minimum Gasteiger partial charge on any atom is -0.497 e. The maximum Gasteiger partial charge on any atom is 0.343 e. The molecule has 1 heterocycles. The van der Waals surface area contributed by atoms with Crippen LogP contribution in [0.4, 0.5) is 4.39 Å². The van der Waals surface area contributed by atoms with Gasteiger partial charge in [-0.3, -0.25) is 0 Å². The molecular weight excluding hydrogens is 379 g/mol. The van der Waals surface area contributed by atoms with E-state index in [0.29, 0.717) is 17.1 Å². The van der Waals surface area contributed by atoms with E-state index in [1.165, 1.54) is 26.4 Å². The number of methoxy groups -OCH3 is 2. The van der Waals surface area contributed by atoms with Crippen LogP contribution in [0.5, 0.6) is 11.5 Å². The lowest BCUT2D eigenvalue weighted by molar-refractivity contribution is 0.0424. The average molecular weight is 393 g/mol. The van der Waals surface area contributed by atoms with Gasteiger partial charge in [-0.1, -0.05) is 22.8 Å². The van der Waals surface area contributed by atoms with Gasteiger partial charge in [-0.05, 0) is 24.3 Å². The van der Waals surface area contributed by atoms with Crippen molar-refractivity contribution in [1.29, 1.82) is 0 Å². The molecule has 0 aliphatic rings. The summed E-state index contributed by atoms with van der Waals surface area (Å²) in [5, 5.41) is 3.79. The first kappa shape index (κ1) is 18.7. The monoisotopic (exact) mass is 392 g/mol. The van der Waals surface area contributed by atoms with Crippen molar-refractivity contribution in [3.63, 3.8) is 0 Å². The second kappa shape index (κ2) is 8.05. The van der Waals surface area contributed by atoms with Crippen LogP contribution in [0.3, 0.4) is 0 Å². The summed E-state index contributed by atoms with van der Waals surface area (Å²) in [6, 6.07) is 8.99. The van der Waals surface area contributed by atoms with Crippen LogP contribution >= 0.6 is 11.6 Å². The first-order chi connectivity index (χ1) is 13.0. The lowest BCUT2D eigenvalue weighted by Crippen LogP contribution is -2.08. The van der Waals surface area contributed by atoms with Crippen LogP contribution < -0.4 is 9.47 Å². The Kier molecular flexibility index (Phi) is 5.56. The molecule has 1 aromatic heterocycles. The Labute approximate surface area is 158 Å². The largest absolute Gasteiger partial charge is 0.497 e. The van der Waals surface area contributed by atoms with Crippen LogP contribution in [0, 0.1) is 5.82 Å². The molecule has 3 aromatic rings. The zero-order valence-electron chi connectivity index (χ0n) is 14.4. The van der Waals surface area contributed by atoms with E-state index >= 15 is 0 Å². The standard InChI is InChI=1S/C18H14ClFN2O5/c1-24-10-6-7-11(14(8-10)25-2)17-21-15(27-22-17)9-26-18(23)16-12(19)4-3-5-13(16)20/h3-8H,9H2,1-2H3. The van der Waals surface area contributed by atoms with Crippen LogP contribution in [-0.4, -0.2) is 30.3 Å². The minimum atomic E-state index is -0.931. The predicted molar refractivity (Wildman–Crippen MR) is 93.4 cm³/mol. The fourth-order valence-electron chi connectivity index (χ4n) is 2.30. The zero-order valence-corrected chi connectivity index (χ0v) is 15.1. The third-order valence-electron chi connectivity index (χ3n) is 3.61. The van der Waals surface area contributed by atoms with Gasteiger partial charge in [0.05, 0.1) is 24.8 Å². The van der Waals surface area contributed by atoms with Crippen molar-refractivity contribution in [2.45, 2.75) is 6.61 Å². The average Bonchev–Trinajstić information content (AvgIpc) is 3.14. The molecule has 0 saturated carbocycles. The molecule has 0 unspecified atom stereocenters. The van der Waals surface area contributed by atoms with E-state index in [9.17, 15) is 9.18 Å². The molecule has 27 heavy (non-hydrogen) atoms. The van der Waals surface area contributed by atoms with E-state index in [4.69, 9.17) is 30.3 Å². The van der Waals surface area contributed by atoms with E-state index in [0.717, 1.165) is 6.07 Å². The third kappa shape index (κ3) is 4.01. The van der Waals surface area contributed by atoms with Gasteiger partial charge in [0.1, 0.15) is 22.9 Å². The molecule has 0 fully saturated rings. The van der Waals surface area contributed by atoms with Crippen LogP contribution in [0.1, 0.15) is 16.2 Å². The Morgan fingerprint density at radius 3 is 2.74 bits per heavy atom. The fourth-order valence-corrected chi connectivity index (χ4v) is 2.54. The number of carbonyl (C=O) groups excluding carboxylic acids is 1. The molecule has 7 nitrogen and oxygen atoms in total. The van der Waals surface area contributed by atoms with Crippen molar-refractivity contribution >= 4 is 17.6 Å². The van der Waals surface area contributed by atoms with E-state index in [1.54, 1.807) is 18.2 Å². The van der Waals surface area contributed by atoms with Gasteiger partial charge in [0.15, 0.2) is 6.61 Å². The predicted octanol–water partition coefficient (Wildman–Crippen LogP) is 3.90. The van der Waals surface area contributed by atoms with E-state index in [2.05, 4.69) is 10.1 Å². The van der Waals surface area contributed by atoms with Crippen molar-refractivity contribution in [2.75, 3.05) is 14.2 Å². The van der Waals surface area contributed by atoms with Gasteiger partial charge in [-0.15, -0.1) is 0 Å². The third-order valence-corrected chi connectivity index (χ3v) is 3.93. The summed E-state index contributed by atoms with van der Waals surface area (Å²) < 4.78 is 34.2. The number of aromatic nitrogens is 2. The van der Waals surface area contributed by atoms with Gasteiger partial charge in [-0.2, -0.15) is 4.98 Å². The number of carbonyl (C=O) groups is 1. The Bertz CT molecular complexity index is 956. The highest BCUT2D eigenvalue weighted by molar-refractivity contribution is 6.33. The van der Waals surface area contributed by atoms with Crippen LogP contribution in [0.25, 0.3) is 11.4 Å². The molecule has 9 heteroatoms.